The van der Waals surface area contributed by atoms with Gasteiger partial charge >= 0.3 is 0 Å². The van der Waals surface area contributed by atoms with Crippen molar-refractivity contribution in [1.29, 1.82) is 0 Å². The summed E-state index contributed by atoms with van der Waals surface area (Å²) in [5.74, 6) is 1.74. The molecule has 4 rings (SSSR count). The van der Waals surface area contributed by atoms with Crippen molar-refractivity contribution in [3.8, 4) is 0 Å². The molecule has 1 saturated heterocycles. The molecule has 7 heteroatoms. The fourth-order valence-electron chi connectivity index (χ4n) is 3.46. The van der Waals surface area contributed by atoms with Gasteiger partial charge in [-0.05, 0) is 55.3 Å². The molecule has 0 atom stereocenters. The van der Waals surface area contributed by atoms with Gasteiger partial charge in [0.1, 0.15) is 5.82 Å². The van der Waals surface area contributed by atoms with E-state index in [4.69, 9.17) is 4.42 Å². The zero-order valence-electron chi connectivity index (χ0n) is 16.1. The highest BCUT2D eigenvalue weighted by Gasteiger charge is 2.24. The summed E-state index contributed by atoms with van der Waals surface area (Å²) in [6, 6.07) is 11.6. The van der Waals surface area contributed by atoms with E-state index in [0.717, 1.165) is 11.5 Å². The second-order valence-electron chi connectivity index (χ2n) is 7.00. The Hall–Kier alpha value is -3.35. The Morgan fingerprint density at radius 3 is 2.50 bits per heavy atom. The molecule has 1 fully saturated rings. The van der Waals surface area contributed by atoms with Crippen molar-refractivity contribution in [2.75, 3.05) is 36.4 Å². The van der Waals surface area contributed by atoms with Gasteiger partial charge in [-0.15, -0.1) is 0 Å². The third kappa shape index (κ3) is 3.98. The Morgan fingerprint density at radius 1 is 1.07 bits per heavy atom. The first-order valence-electron chi connectivity index (χ1n) is 9.34. The van der Waals surface area contributed by atoms with Gasteiger partial charge in [0.25, 0.3) is 5.91 Å². The van der Waals surface area contributed by atoms with Gasteiger partial charge in [-0.1, -0.05) is 6.07 Å². The zero-order chi connectivity index (χ0) is 19.5. The SMILES string of the molecule is Cc1cc(C)cc(Nc2nccc(N3CCN(C(=O)c4ccco4)CC3)n2)c1. The van der Waals surface area contributed by atoms with Gasteiger partial charge in [-0.3, -0.25) is 4.79 Å². The quantitative estimate of drug-likeness (QED) is 0.751. The highest BCUT2D eigenvalue weighted by Crippen LogP contribution is 2.20. The minimum absolute atomic E-state index is 0.0653. The Balaban J connectivity index is 1.42. The van der Waals surface area contributed by atoms with Crippen molar-refractivity contribution >= 4 is 23.4 Å². The molecule has 1 amide bonds. The molecule has 1 aromatic carbocycles. The second kappa shape index (κ2) is 7.72. The molecule has 1 aliphatic heterocycles. The van der Waals surface area contributed by atoms with Crippen LogP contribution in [0.5, 0.6) is 0 Å². The molecule has 1 aliphatic rings. The van der Waals surface area contributed by atoms with Crippen LogP contribution in [0.1, 0.15) is 21.7 Å². The number of nitrogens with zero attached hydrogens (tertiary/aromatic N) is 4. The largest absolute Gasteiger partial charge is 0.459 e. The summed E-state index contributed by atoms with van der Waals surface area (Å²) in [4.78, 5) is 25.4. The fourth-order valence-corrected chi connectivity index (χ4v) is 3.46. The maximum absolute atomic E-state index is 12.4. The van der Waals surface area contributed by atoms with Gasteiger partial charge in [0, 0.05) is 38.1 Å². The summed E-state index contributed by atoms with van der Waals surface area (Å²) in [7, 11) is 0. The number of aromatic nitrogens is 2. The van der Waals surface area contributed by atoms with Crippen LogP contribution in [-0.4, -0.2) is 47.0 Å². The lowest BCUT2D eigenvalue weighted by Crippen LogP contribution is -2.49. The van der Waals surface area contributed by atoms with E-state index in [9.17, 15) is 4.79 Å². The minimum atomic E-state index is -0.0653. The first kappa shape index (κ1) is 18.0. The van der Waals surface area contributed by atoms with E-state index in [1.54, 1.807) is 18.3 Å². The number of benzene rings is 1. The Bertz CT molecular complexity index is 942. The van der Waals surface area contributed by atoms with E-state index in [1.807, 2.05) is 11.0 Å². The van der Waals surface area contributed by atoms with Gasteiger partial charge in [0.15, 0.2) is 5.76 Å². The van der Waals surface area contributed by atoms with E-state index in [0.29, 0.717) is 37.9 Å². The minimum Gasteiger partial charge on any atom is -0.459 e. The van der Waals surface area contributed by atoms with Crippen LogP contribution in [-0.2, 0) is 0 Å². The van der Waals surface area contributed by atoms with Gasteiger partial charge in [0.05, 0.1) is 6.26 Å². The Morgan fingerprint density at radius 2 is 1.82 bits per heavy atom. The predicted molar refractivity (Wildman–Crippen MR) is 108 cm³/mol. The number of hydrogen-bond donors (Lipinski definition) is 1. The topological polar surface area (TPSA) is 74.5 Å². The molecule has 144 valence electrons. The van der Waals surface area contributed by atoms with Crippen LogP contribution in [0.15, 0.2) is 53.3 Å². The number of anilines is 3. The van der Waals surface area contributed by atoms with Crippen LogP contribution >= 0.6 is 0 Å². The van der Waals surface area contributed by atoms with E-state index in [-0.39, 0.29) is 5.91 Å². The number of carbonyl (C=O) groups is 1. The highest BCUT2D eigenvalue weighted by atomic mass is 16.3. The lowest BCUT2D eigenvalue weighted by Gasteiger charge is -2.35. The van der Waals surface area contributed by atoms with Crippen LogP contribution in [0.3, 0.4) is 0 Å². The highest BCUT2D eigenvalue weighted by molar-refractivity contribution is 5.91. The van der Waals surface area contributed by atoms with Gasteiger partial charge < -0.3 is 19.5 Å². The van der Waals surface area contributed by atoms with Crippen molar-refractivity contribution in [2.24, 2.45) is 0 Å². The number of amides is 1. The van der Waals surface area contributed by atoms with Crippen molar-refractivity contribution in [2.45, 2.75) is 13.8 Å². The van der Waals surface area contributed by atoms with Crippen LogP contribution in [0.25, 0.3) is 0 Å². The number of rotatable bonds is 4. The normalized spacial score (nSPS) is 14.2. The van der Waals surface area contributed by atoms with Crippen LogP contribution < -0.4 is 10.2 Å². The standard InChI is InChI=1S/C21H23N5O2/c1-15-12-16(2)14-17(13-15)23-21-22-6-5-19(24-21)25-7-9-26(10-8-25)20(27)18-4-3-11-28-18/h3-6,11-14H,7-10H2,1-2H3,(H,22,23,24). The number of carbonyl (C=O) groups excluding carboxylic acids is 1. The fraction of sp³-hybridized carbons (Fsp3) is 0.286. The number of piperazine rings is 1. The number of furan rings is 1. The molecular weight excluding hydrogens is 354 g/mol. The molecule has 0 spiro atoms. The van der Waals surface area contributed by atoms with E-state index in [1.165, 1.54) is 17.4 Å². The molecule has 0 radical (unpaired) electrons. The molecule has 0 bridgehead atoms. The molecule has 2 aromatic heterocycles. The van der Waals surface area contributed by atoms with Crippen LogP contribution in [0.2, 0.25) is 0 Å². The molecule has 7 nitrogen and oxygen atoms in total. The Labute approximate surface area is 164 Å². The monoisotopic (exact) mass is 377 g/mol. The van der Waals surface area contributed by atoms with E-state index < -0.39 is 0 Å². The average Bonchev–Trinajstić information content (AvgIpc) is 3.22. The molecule has 3 heterocycles. The van der Waals surface area contributed by atoms with Crippen LogP contribution in [0.4, 0.5) is 17.5 Å². The van der Waals surface area contributed by atoms with Crippen LogP contribution in [0, 0.1) is 13.8 Å². The first-order valence-corrected chi connectivity index (χ1v) is 9.34. The maximum atomic E-state index is 12.4. The molecule has 28 heavy (non-hydrogen) atoms. The molecule has 3 aromatic rings. The van der Waals surface area contributed by atoms with Gasteiger partial charge in [-0.2, -0.15) is 4.98 Å². The summed E-state index contributed by atoms with van der Waals surface area (Å²) in [5.41, 5.74) is 3.36. The number of nitrogens with one attached hydrogen (secondary N) is 1. The smallest absolute Gasteiger partial charge is 0.289 e. The number of aryl methyl sites for hydroxylation is 2. The van der Waals surface area contributed by atoms with Crippen molar-refractivity contribution in [3.05, 3.63) is 65.7 Å². The van der Waals surface area contributed by atoms with E-state index >= 15 is 0 Å². The predicted octanol–water partition coefficient (Wildman–Crippen LogP) is 3.39. The molecule has 1 N–H and O–H groups in total. The molecule has 0 unspecified atom stereocenters. The first-order chi connectivity index (χ1) is 13.6. The van der Waals surface area contributed by atoms with Crippen molar-refractivity contribution in [1.82, 2.24) is 14.9 Å². The lowest BCUT2D eigenvalue weighted by atomic mass is 10.1. The maximum Gasteiger partial charge on any atom is 0.289 e. The summed E-state index contributed by atoms with van der Waals surface area (Å²) in [5, 5.41) is 3.28. The van der Waals surface area contributed by atoms with Crippen molar-refractivity contribution < 1.29 is 9.21 Å². The zero-order valence-corrected chi connectivity index (χ0v) is 16.1. The lowest BCUT2D eigenvalue weighted by molar-refractivity contribution is 0.0714. The Kier molecular flexibility index (Phi) is 4.97. The third-order valence-electron chi connectivity index (χ3n) is 4.74. The molecule has 0 saturated carbocycles. The third-order valence-corrected chi connectivity index (χ3v) is 4.74. The van der Waals surface area contributed by atoms with E-state index in [2.05, 4.69) is 52.2 Å². The second-order valence-corrected chi connectivity index (χ2v) is 7.00. The summed E-state index contributed by atoms with van der Waals surface area (Å²) in [6.45, 7) is 6.82. The average molecular weight is 377 g/mol. The number of hydrogen-bond acceptors (Lipinski definition) is 6. The summed E-state index contributed by atoms with van der Waals surface area (Å²) < 4.78 is 5.22. The van der Waals surface area contributed by atoms with Crippen molar-refractivity contribution in [3.63, 3.8) is 0 Å². The van der Waals surface area contributed by atoms with Gasteiger partial charge in [0.2, 0.25) is 5.95 Å². The summed E-state index contributed by atoms with van der Waals surface area (Å²) >= 11 is 0. The molecular formula is C21H23N5O2. The summed E-state index contributed by atoms with van der Waals surface area (Å²) in [6.07, 6.45) is 3.28. The van der Waals surface area contributed by atoms with Gasteiger partial charge in [-0.25, -0.2) is 4.98 Å². The molecule has 0 aliphatic carbocycles.